The van der Waals surface area contributed by atoms with Crippen molar-refractivity contribution in [2.45, 2.75) is 24.8 Å². The van der Waals surface area contributed by atoms with Crippen LogP contribution in [-0.2, 0) is 10.5 Å². The molecule has 3 aromatic rings. The van der Waals surface area contributed by atoms with Crippen molar-refractivity contribution < 1.29 is 9.53 Å². The molecular weight excluding hydrogens is 468 g/mol. The monoisotopic (exact) mass is 488 g/mol. The standard InChI is InChI=1S/C20H21BrN6O2S/c1-13-11-14(2)23-20(22-13)30-12-17-18(19(28)26-7-9-29-10-8-26)24-25-27(17)16-5-3-15(21)4-6-16/h3-6,11H,7-10,12H2,1-2H3. The number of carbonyl (C=O) groups excluding carboxylic acids is 1. The van der Waals surface area contributed by atoms with Gasteiger partial charge in [-0.05, 0) is 44.2 Å². The normalized spacial score (nSPS) is 14.2. The second-order valence-corrected chi connectivity index (χ2v) is 8.76. The summed E-state index contributed by atoms with van der Waals surface area (Å²) in [5.74, 6) is 0.343. The summed E-state index contributed by atoms with van der Waals surface area (Å²) in [5, 5.41) is 9.22. The van der Waals surface area contributed by atoms with Crippen LogP contribution < -0.4 is 0 Å². The van der Waals surface area contributed by atoms with Crippen LogP contribution >= 0.6 is 27.7 Å². The van der Waals surface area contributed by atoms with Gasteiger partial charge < -0.3 is 9.64 Å². The number of amides is 1. The third-order valence-corrected chi connectivity index (χ3v) is 6.02. The van der Waals surface area contributed by atoms with Crippen LogP contribution in [0.1, 0.15) is 27.6 Å². The van der Waals surface area contributed by atoms with Crippen molar-refractivity contribution in [3.63, 3.8) is 0 Å². The number of aryl methyl sites for hydroxylation is 2. The van der Waals surface area contributed by atoms with Gasteiger partial charge in [-0.3, -0.25) is 4.79 Å². The highest BCUT2D eigenvalue weighted by atomic mass is 79.9. The summed E-state index contributed by atoms with van der Waals surface area (Å²) >= 11 is 4.92. The molecule has 30 heavy (non-hydrogen) atoms. The molecule has 1 aliphatic rings. The van der Waals surface area contributed by atoms with Crippen molar-refractivity contribution in [2.24, 2.45) is 0 Å². The number of ether oxygens (including phenoxy) is 1. The van der Waals surface area contributed by atoms with Gasteiger partial charge in [0.15, 0.2) is 10.9 Å². The molecule has 0 unspecified atom stereocenters. The van der Waals surface area contributed by atoms with Crippen molar-refractivity contribution in [1.82, 2.24) is 29.9 Å². The molecule has 156 valence electrons. The lowest BCUT2D eigenvalue weighted by atomic mass is 10.2. The number of aromatic nitrogens is 5. The molecule has 4 rings (SSSR count). The SMILES string of the molecule is Cc1cc(C)nc(SCc2c(C(=O)N3CCOCC3)nnn2-c2ccc(Br)cc2)n1. The molecule has 0 atom stereocenters. The summed E-state index contributed by atoms with van der Waals surface area (Å²) < 4.78 is 8.06. The maximum atomic E-state index is 13.1. The molecule has 0 radical (unpaired) electrons. The van der Waals surface area contributed by atoms with Crippen LogP contribution in [0.15, 0.2) is 40.0 Å². The van der Waals surface area contributed by atoms with E-state index in [-0.39, 0.29) is 5.91 Å². The predicted molar refractivity (Wildman–Crippen MR) is 117 cm³/mol. The van der Waals surface area contributed by atoms with Gasteiger partial charge in [-0.2, -0.15) is 0 Å². The Kier molecular flexibility index (Phi) is 6.45. The molecule has 1 amide bonds. The third-order valence-electron chi connectivity index (χ3n) is 4.64. The topological polar surface area (TPSA) is 86.0 Å². The minimum absolute atomic E-state index is 0.126. The molecule has 1 fully saturated rings. The van der Waals surface area contributed by atoms with Gasteiger partial charge in [0.2, 0.25) is 0 Å². The number of thioether (sulfide) groups is 1. The average Bonchev–Trinajstić information content (AvgIpc) is 3.16. The Morgan fingerprint density at radius 3 is 2.47 bits per heavy atom. The van der Waals surface area contributed by atoms with Gasteiger partial charge >= 0.3 is 0 Å². The fourth-order valence-corrected chi connectivity index (χ4v) is 4.40. The molecule has 10 heteroatoms. The van der Waals surface area contributed by atoms with Gasteiger partial charge in [-0.1, -0.05) is 32.9 Å². The number of halogens is 1. The summed E-state index contributed by atoms with van der Waals surface area (Å²) in [5.41, 5.74) is 3.74. The van der Waals surface area contributed by atoms with E-state index in [4.69, 9.17) is 4.74 Å². The molecule has 0 bridgehead atoms. The van der Waals surface area contributed by atoms with Crippen LogP contribution in [0, 0.1) is 13.8 Å². The maximum absolute atomic E-state index is 13.1. The Hall–Kier alpha value is -2.30. The zero-order chi connectivity index (χ0) is 21.1. The van der Waals surface area contributed by atoms with Gasteiger partial charge in [0, 0.05) is 34.7 Å². The number of hydrogen-bond donors (Lipinski definition) is 0. The van der Waals surface area contributed by atoms with E-state index in [9.17, 15) is 4.79 Å². The summed E-state index contributed by atoms with van der Waals surface area (Å²) in [6, 6.07) is 9.67. The average molecular weight is 489 g/mol. The maximum Gasteiger partial charge on any atom is 0.276 e. The summed E-state index contributed by atoms with van der Waals surface area (Å²) in [7, 11) is 0. The van der Waals surface area contributed by atoms with Gasteiger partial charge in [0.05, 0.1) is 24.6 Å². The lowest BCUT2D eigenvalue weighted by Crippen LogP contribution is -2.41. The first kappa shape index (κ1) is 21.0. The van der Waals surface area contributed by atoms with Crippen LogP contribution in [0.25, 0.3) is 5.69 Å². The minimum Gasteiger partial charge on any atom is -0.378 e. The zero-order valence-corrected chi connectivity index (χ0v) is 19.1. The van der Waals surface area contributed by atoms with Crippen LogP contribution in [0.5, 0.6) is 0 Å². The second-order valence-electron chi connectivity index (χ2n) is 6.90. The summed E-state index contributed by atoms with van der Waals surface area (Å²) in [6.45, 7) is 6.06. The molecule has 0 aliphatic carbocycles. The molecule has 1 aliphatic heterocycles. The van der Waals surface area contributed by atoms with E-state index in [1.807, 2.05) is 44.2 Å². The van der Waals surface area contributed by atoms with E-state index < -0.39 is 0 Å². The molecule has 8 nitrogen and oxygen atoms in total. The molecule has 0 saturated carbocycles. The lowest BCUT2D eigenvalue weighted by molar-refractivity contribution is 0.0298. The third kappa shape index (κ3) is 4.71. The van der Waals surface area contributed by atoms with E-state index in [1.165, 1.54) is 11.8 Å². The smallest absolute Gasteiger partial charge is 0.276 e. The molecular formula is C20H21BrN6O2S. The van der Waals surface area contributed by atoms with Gasteiger partial charge in [-0.25, -0.2) is 14.6 Å². The Labute approximate surface area is 187 Å². The van der Waals surface area contributed by atoms with E-state index in [1.54, 1.807) is 9.58 Å². The van der Waals surface area contributed by atoms with E-state index >= 15 is 0 Å². The second kappa shape index (κ2) is 9.23. The number of hydrogen-bond acceptors (Lipinski definition) is 7. The van der Waals surface area contributed by atoms with E-state index in [0.717, 1.165) is 27.2 Å². The van der Waals surface area contributed by atoms with Gasteiger partial charge in [0.1, 0.15) is 0 Å². The first-order chi connectivity index (χ1) is 14.5. The van der Waals surface area contributed by atoms with E-state index in [2.05, 4.69) is 36.2 Å². The molecule has 3 heterocycles. The fraction of sp³-hybridized carbons (Fsp3) is 0.350. The summed E-state index contributed by atoms with van der Waals surface area (Å²) in [6.07, 6.45) is 0. The highest BCUT2D eigenvalue weighted by molar-refractivity contribution is 9.10. The molecule has 1 aromatic carbocycles. The van der Waals surface area contributed by atoms with Gasteiger partial charge in [0.25, 0.3) is 5.91 Å². The highest BCUT2D eigenvalue weighted by Gasteiger charge is 2.26. The van der Waals surface area contributed by atoms with Crippen molar-refractivity contribution in [3.8, 4) is 5.69 Å². The quantitative estimate of drug-likeness (QED) is 0.402. The largest absolute Gasteiger partial charge is 0.378 e. The predicted octanol–water partition coefficient (Wildman–Crippen LogP) is 3.20. The van der Waals surface area contributed by atoms with Crippen LogP contribution in [0.2, 0.25) is 0 Å². The highest BCUT2D eigenvalue weighted by Crippen LogP contribution is 2.25. The first-order valence-electron chi connectivity index (χ1n) is 9.54. The van der Waals surface area contributed by atoms with Crippen LogP contribution in [0.3, 0.4) is 0 Å². The Morgan fingerprint density at radius 1 is 1.13 bits per heavy atom. The van der Waals surface area contributed by atoms with Crippen LogP contribution in [0.4, 0.5) is 0 Å². The fourth-order valence-electron chi connectivity index (χ4n) is 3.19. The minimum atomic E-state index is -0.126. The van der Waals surface area contributed by atoms with Crippen molar-refractivity contribution >= 4 is 33.6 Å². The zero-order valence-electron chi connectivity index (χ0n) is 16.7. The van der Waals surface area contributed by atoms with E-state index in [0.29, 0.717) is 42.9 Å². The molecule has 0 N–H and O–H groups in total. The molecule has 2 aromatic heterocycles. The van der Waals surface area contributed by atoms with Gasteiger partial charge in [-0.15, -0.1) is 5.10 Å². The Bertz CT molecular complexity index is 1030. The molecule has 1 saturated heterocycles. The number of nitrogens with zero attached hydrogens (tertiary/aromatic N) is 6. The van der Waals surface area contributed by atoms with Crippen molar-refractivity contribution in [3.05, 3.63) is 57.6 Å². The molecule has 0 spiro atoms. The van der Waals surface area contributed by atoms with Crippen LogP contribution in [-0.4, -0.2) is 62.1 Å². The Balaban J connectivity index is 1.67. The number of carbonyl (C=O) groups is 1. The summed E-state index contributed by atoms with van der Waals surface area (Å²) in [4.78, 5) is 23.9. The first-order valence-corrected chi connectivity index (χ1v) is 11.3. The lowest BCUT2D eigenvalue weighted by Gasteiger charge is -2.26. The number of benzene rings is 1. The van der Waals surface area contributed by atoms with Crippen molar-refractivity contribution in [2.75, 3.05) is 26.3 Å². The Morgan fingerprint density at radius 2 is 1.80 bits per heavy atom. The van der Waals surface area contributed by atoms with Crippen molar-refractivity contribution in [1.29, 1.82) is 0 Å². The number of rotatable bonds is 5. The number of morpholine rings is 1.